The monoisotopic (exact) mass is 407 g/mol. The Kier molecular flexibility index (Phi) is 6.53. The van der Waals surface area contributed by atoms with E-state index in [2.05, 4.69) is 5.32 Å². The predicted octanol–water partition coefficient (Wildman–Crippen LogP) is 0.217. The minimum Gasteiger partial charge on any atom is -0.383 e. The Labute approximate surface area is 166 Å². The zero-order valence-electron chi connectivity index (χ0n) is 15.8. The molecule has 3 rings (SSSR count). The number of nitrogens with two attached hydrogens (primary N) is 1. The first-order valence-electron chi connectivity index (χ1n) is 9.27. The number of nitrogens with zero attached hydrogens (tertiary/aromatic N) is 3. The molecular weight excluding hydrogens is 382 g/mol. The van der Waals surface area contributed by atoms with Crippen molar-refractivity contribution < 1.29 is 9.53 Å². The van der Waals surface area contributed by atoms with Gasteiger partial charge in [-0.1, -0.05) is 13.0 Å². The third kappa shape index (κ3) is 4.28. The number of thiophene rings is 1. The van der Waals surface area contributed by atoms with Gasteiger partial charge in [0.25, 0.3) is 5.56 Å². The van der Waals surface area contributed by atoms with Crippen molar-refractivity contribution in [2.45, 2.75) is 33.0 Å². The van der Waals surface area contributed by atoms with Crippen LogP contribution in [-0.2, 0) is 29.2 Å². The number of aromatic nitrogens is 2. The highest BCUT2D eigenvalue weighted by molar-refractivity contribution is 7.09. The number of nitrogens with one attached hydrogen (secondary N) is 1. The minimum atomic E-state index is -0.562. The van der Waals surface area contributed by atoms with Crippen LogP contribution in [0, 0.1) is 0 Å². The number of hydrogen-bond acceptors (Lipinski definition) is 7. The fourth-order valence-corrected chi connectivity index (χ4v) is 3.81. The summed E-state index contributed by atoms with van der Waals surface area (Å²) < 4.78 is 7.69. The van der Waals surface area contributed by atoms with Gasteiger partial charge in [0.05, 0.1) is 19.8 Å². The molecule has 0 aromatic carbocycles. The minimum absolute atomic E-state index is 0.147. The first kappa shape index (κ1) is 20.2. The molecule has 0 aliphatic carbocycles. The van der Waals surface area contributed by atoms with E-state index in [-0.39, 0.29) is 18.1 Å². The van der Waals surface area contributed by atoms with E-state index in [0.29, 0.717) is 45.8 Å². The number of hydrogen-bond donors (Lipinski definition) is 2. The zero-order chi connectivity index (χ0) is 20.1. The molecule has 0 bridgehead atoms. The van der Waals surface area contributed by atoms with Crippen LogP contribution in [0.25, 0.3) is 0 Å². The fraction of sp³-hybridized carbons (Fsp3) is 0.500. The molecule has 0 spiro atoms. The summed E-state index contributed by atoms with van der Waals surface area (Å²) in [5, 5.41) is 4.67. The number of carbonyl (C=O) groups excluding carboxylic acids is 1. The lowest BCUT2D eigenvalue weighted by molar-refractivity contribution is -0.121. The summed E-state index contributed by atoms with van der Waals surface area (Å²) >= 11 is 1.53. The topological polar surface area (TPSA) is 112 Å². The average molecular weight is 407 g/mol. The van der Waals surface area contributed by atoms with E-state index >= 15 is 0 Å². The van der Waals surface area contributed by atoms with Gasteiger partial charge in [0, 0.05) is 24.5 Å². The summed E-state index contributed by atoms with van der Waals surface area (Å²) in [5.74, 6) is -0.248. The van der Waals surface area contributed by atoms with E-state index < -0.39 is 17.2 Å². The lowest BCUT2D eigenvalue weighted by Gasteiger charge is -2.30. The maximum Gasteiger partial charge on any atom is 0.333 e. The van der Waals surface area contributed by atoms with Gasteiger partial charge in [-0.25, -0.2) is 9.36 Å². The molecule has 1 aliphatic rings. The summed E-state index contributed by atoms with van der Waals surface area (Å²) in [6.45, 7) is 4.29. The second kappa shape index (κ2) is 9.07. The highest BCUT2D eigenvalue weighted by Crippen LogP contribution is 2.18. The Bertz CT molecular complexity index is 929. The molecule has 3 N–H and O–H groups in total. The predicted molar refractivity (Wildman–Crippen MR) is 109 cm³/mol. The Balaban J connectivity index is 1.92. The number of amides is 1. The highest BCUT2D eigenvalue weighted by atomic mass is 32.1. The molecule has 9 nitrogen and oxygen atoms in total. The lowest BCUT2D eigenvalue weighted by atomic mass is 10.3. The van der Waals surface area contributed by atoms with Crippen LogP contribution in [0.2, 0.25) is 0 Å². The largest absolute Gasteiger partial charge is 0.383 e. The molecule has 152 valence electrons. The molecule has 28 heavy (non-hydrogen) atoms. The van der Waals surface area contributed by atoms with Gasteiger partial charge in [-0.2, -0.15) is 0 Å². The van der Waals surface area contributed by atoms with Gasteiger partial charge in [0.1, 0.15) is 18.1 Å². The SMILES string of the molecule is CCCn1c(N)c(N2CCOCC2)c(=O)n(CC(=O)NCc2cccs2)c1=O. The quantitative estimate of drug-likeness (QED) is 0.679. The lowest BCUT2D eigenvalue weighted by Crippen LogP contribution is -2.49. The molecule has 0 radical (unpaired) electrons. The van der Waals surface area contributed by atoms with Crippen LogP contribution in [-0.4, -0.2) is 41.3 Å². The van der Waals surface area contributed by atoms with E-state index in [9.17, 15) is 14.4 Å². The third-order valence-electron chi connectivity index (χ3n) is 4.56. The molecule has 0 saturated carbocycles. The second-order valence-corrected chi connectivity index (χ2v) is 7.55. The van der Waals surface area contributed by atoms with Gasteiger partial charge in [-0.15, -0.1) is 11.3 Å². The Morgan fingerprint density at radius 2 is 2.04 bits per heavy atom. The van der Waals surface area contributed by atoms with Crippen molar-refractivity contribution >= 4 is 28.7 Å². The third-order valence-corrected chi connectivity index (χ3v) is 5.44. The van der Waals surface area contributed by atoms with Crippen LogP contribution in [0.5, 0.6) is 0 Å². The second-order valence-electron chi connectivity index (χ2n) is 6.51. The maximum atomic E-state index is 13.0. The molecule has 1 saturated heterocycles. The first-order chi connectivity index (χ1) is 13.5. The fourth-order valence-electron chi connectivity index (χ4n) is 3.16. The number of rotatable bonds is 7. The zero-order valence-corrected chi connectivity index (χ0v) is 16.7. The van der Waals surface area contributed by atoms with E-state index in [1.807, 2.05) is 29.3 Å². The van der Waals surface area contributed by atoms with Gasteiger partial charge in [0.15, 0.2) is 0 Å². The molecule has 1 aliphatic heterocycles. The number of morpholine rings is 1. The normalized spacial score (nSPS) is 14.2. The number of anilines is 2. The van der Waals surface area contributed by atoms with Crippen LogP contribution in [0.3, 0.4) is 0 Å². The smallest absolute Gasteiger partial charge is 0.333 e. The number of ether oxygens (including phenoxy) is 1. The molecule has 10 heteroatoms. The van der Waals surface area contributed by atoms with Gasteiger partial charge >= 0.3 is 5.69 Å². The van der Waals surface area contributed by atoms with E-state index in [0.717, 1.165) is 9.44 Å². The number of carbonyl (C=O) groups is 1. The van der Waals surface area contributed by atoms with Gasteiger partial charge in [-0.05, 0) is 17.9 Å². The Hall–Kier alpha value is -2.59. The molecule has 1 fully saturated rings. The van der Waals surface area contributed by atoms with Crippen molar-refractivity contribution in [2.75, 3.05) is 36.9 Å². The summed E-state index contributed by atoms with van der Waals surface area (Å²) in [5.41, 5.74) is 5.36. The molecule has 0 atom stereocenters. The van der Waals surface area contributed by atoms with Crippen LogP contribution < -0.4 is 27.2 Å². The van der Waals surface area contributed by atoms with E-state index in [1.165, 1.54) is 15.9 Å². The highest BCUT2D eigenvalue weighted by Gasteiger charge is 2.24. The number of nitrogen functional groups attached to an aromatic ring is 1. The first-order valence-corrected chi connectivity index (χ1v) is 10.2. The Morgan fingerprint density at radius 3 is 2.68 bits per heavy atom. The van der Waals surface area contributed by atoms with Gasteiger partial charge < -0.3 is 20.7 Å². The van der Waals surface area contributed by atoms with Crippen molar-refractivity contribution in [3.8, 4) is 0 Å². The van der Waals surface area contributed by atoms with Crippen molar-refractivity contribution in [2.24, 2.45) is 0 Å². The van der Waals surface area contributed by atoms with Gasteiger partial charge in [-0.3, -0.25) is 14.2 Å². The summed E-state index contributed by atoms with van der Waals surface area (Å²) in [6.07, 6.45) is 0.676. The maximum absolute atomic E-state index is 13.0. The Morgan fingerprint density at radius 1 is 1.29 bits per heavy atom. The summed E-state index contributed by atoms with van der Waals surface area (Å²) in [6, 6.07) is 3.81. The molecule has 3 heterocycles. The van der Waals surface area contributed by atoms with Crippen molar-refractivity contribution in [3.63, 3.8) is 0 Å². The van der Waals surface area contributed by atoms with Crippen LogP contribution >= 0.6 is 11.3 Å². The van der Waals surface area contributed by atoms with Gasteiger partial charge in [0.2, 0.25) is 5.91 Å². The van der Waals surface area contributed by atoms with Crippen LogP contribution in [0.4, 0.5) is 11.5 Å². The van der Waals surface area contributed by atoms with E-state index in [1.54, 1.807) is 0 Å². The van der Waals surface area contributed by atoms with Crippen molar-refractivity contribution in [1.82, 2.24) is 14.5 Å². The molecular formula is C18H25N5O4S. The molecule has 2 aromatic rings. The standard InChI is InChI=1S/C18H25N5O4S/c1-2-5-22-16(19)15(21-6-8-27-9-7-21)17(25)23(18(22)26)12-14(24)20-11-13-4-3-10-28-13/h3-4,10H,2,5-9,11-12,19H2,1H3,(H,20,24). The summed E-state index contributed by atoms with van der Waals surface area (Å²) in [7, 11) is 0. The molecule has 2 aromatic heterocycles. The summed E-state index contributed by atoms with van der Waals surface area (Å²) in [4.78, 5) is 41.1. The van der Waals surface area contributed by atoms with Crippen molar-refractivity contribution in [1.29, 1.82) is 0 Å². The van der Waals surface area contributed by atoms with Crippen LogP contribution in [0.1, 0.15) is 18.2 Å². The van der Waals surface area contributed by atoms with Crippen LogP contribution in [0.15, 0.2) is 27.1 Å². The van der Waals surface area contributed by atoms with E-state index in [4.69, 9.17) is 10.5 Å². The van der Waals surface area contributed by atoms with Crippen molar-refractivity contribution in [3.05, 3.63) is 43.2 Å². The molecule has 1 amide bonds. The molecule has 0 unspecified atom stereocenters. The average Bonchev–Trinajstić information content (AvgIpc) is 3.21.